The molecule has 0 aromatic carbocycles. The van der Waals surface area contributed by atoms with Crippen molar-refractivity contribution in [3.05, 3.63) is 0 Å². The third kappa shape index (κ3) is 3.06. The summed E-state index contributed by atoms with van der Waals surface area (Å²) in [5.74, 6) is 2.82. The van der Waals surface area contributed by atoms with Crippen molar-refractivity contribution < 1.29 is 4.74 Å². The van der Waals surface area contributed by atoms with Crippen LogP contribution in [0.5, 0.6) is 0 Å². The van der Waals surface area contributed by atoms with E-state index in [0.717, 1.165) is 0 Å². The van der Waals surface area contributed by atoms with Crippen molar-refractivity contribution in [1.82, 2.24) is 0 Å². The average Bonchev–Trinajstić information content (AvgIpc) is 1.67. The highest BCUT2D eigenvalue weighted by Crippen LogP contribution is 2.03. The smallest absolute Gasteiger partial charge is 0.123 e. The number of methoxy groups -OCH3 is 1. The molecule has 0 aromatic rings. The van der Waals surface area contributed by atoms with Gasteiger partial charge in [0.15, 0.2) is 0 Å². The van der Waals surface area contributed by atoms with E-state index in [2.05, 4.69) is 26.7 Å². The molecule has 0 amide bonds. The van der Waals surface area contributed by atoms with Crippen LogP contribution in [0.25, 0.3) is 0 Å². The van der Waals surface area contributed by atoms with E-state index in [9.17, 15) is 0 Å². The zero-order valence-electron chi connectivity index (χ0n) is 5.29. The van der Waals surface area contributed by atoms with Crippen LogP contribution in [0, 0.1) is 10.8 Å². The number of hydrogen-bond donors (Lipinski definition) is 0. The fourth-order valence-corrected chi connectivity index (χ4v) is 0.642. The molecular weight excluding hydrogens is 168 g/mol. The Morgan fingerprint density at radius 2 is 2.00 bits per heavy atom. The van der Waals surface area contributed by atoms with Crippen LogP contribution >= 0.6 is 15.9 Å². The summed E-state index contributed by atoms with van der Waals surface area (Å²) in [5, 5.41) is 0. The largest absolute Gasteiger partial charge is 0.366 e. The van der Waals surface area contributed by atoms with Crippen LogP contribution in [-0.2, 0) is 4.74 Å². The van der Waals surface area contributed by atoms with Crippen LogP contribution in [0.3, 0.4) is 0 Å². The molecule has 0 unspecified atom stereocenters. The van der Waals surface area contributed by atoms with Crippen molar-refractivity contribution in [2.75, 3.05) is 7.11 Å². The van der Waals surface area contributed by atoms with Gasteiger partial charge >= 0.3 is 0 Å². The lowest BCUT2D eigenvalue weighted by atomic mass is 10.2. The first kappa shape index (κ1) is 8.00. The van der Waals surface area contributed by atoms with E-state index >= 15 is 0 Å². The number of halogens is 1. The zero-order valence-corrected chi connectivity index (χ0v) is 6.87. The van der Waals surface area contributed by atoms with Gasteiger partial charge in [-0.1, -0.05) is 5.92 Å². The lowest BCUT2D eigenvalue weighted by molar-refractivity contribution is 0.0742. The fourth-order valence-electron chi connectivity index (χ4n) is 0.165. The molecule has 0 saturated carbocycles. The maximum atomic E-state index is 4.97. The summed E-state index contributed by atoms with van der Waals surface area (Å²) in [7, 11) is 1.64. The van der Waals surface area contributed by atoms with E-state index in [1.54, 1.807) is 7.11 Å². The van der Waals surface area contributed by atoms with Gasteiger partial charge in [0, 0.05) is 23.0 Å². The topological polar surface area (TPSA) is 9.23 Å². The van der Waals surface area contributed by atoms with Crippen molar-refractivity contribution in [3.8, 4) is 10.8 Å². The monoisotopic (exact) mass is 176 g/mol. The van der Waals surface area contributed by atoms with Crippen molar-refractivity contribution in [2.45, 2.75) is 19.4 Å². The van der Waals surface area contributed by atoms with Crippen molar-refractivity contribution in [1.29, 1.82) is 0 Å². The summed E-state index contributed by atoms with van der Waals surface area (Å²) < 4.78 is 4.97. The molecule has 0 fully saturated rings. The molecule has 0 N–H and O–H groups in total. The van der Waals surface area contributed by atoms with Crippen molar-refractivity contribution in [2.24, 2.45) is 0 Å². The van der Waals surface area contributed by atoms with Crippen LogP contribution < -0.4 is 0 Å². The van der Waals surface area contributed by atoms with Crippen molar-refractivity contribution in [3.63, 3.8) is 0 Å². The highest BCUT2D eigenvalue weighted by Gasteiger charge is 2.09. The van der Waals surface area contributed by atoms with Gasteiger partial charge in [-0.05, 0) is 18.7 Å². The Bertz CT molecular complexity index is 118. The highest BCUT2D eigenvalue weighted by molar-refractivity contribution is 9.12. The minimum absolute atomic E-state index is 0.316. The molecule has 0 heterocycles. The molecule has 0 radical (unpaired) electrons. The summed E-state index contributed by atoms with van der Waals surface area (Å²) in [4.78, 5) is 2.60. The third-order valence-electron chi connectivity index (χ3n) is 0.859. The summed E-state index contributed by atoms with van der Waals surface area (Å²) in [5.41, 5.74) is -0.316. The number of ether oxygens (including phenoxy) is 1. The molecule has 0 aliphatic carbocycles. The molecule has 0 aliphatic rings. The Kier molecular flexibility index (Phi) is 3.11. The molecular formula is C6H9BrO. The van der Waals surface area contributed by atoms with Gasteiger partial charge < -0.3 is 4.74 Å². The second kappa shape index (κ2) is 3.11. The minimum atomic E-state index is -0.316. The van der Waals surface area contributed by atoms with Gasteiger partial charge in [0.25, 0.3) is 0 Å². The molecule has 0 aromatic heterocycles. The van der Waals surface area contributed by atoms with Crippen LogP contribution in [0.1, 0.15) is 13.8 Å². The van der Waals surface area contributed by atoms with Crippen LogP contribution in [0.4, 0.5) is 0 Å². The first-order valence-corrected chi connectivity index (χ1v) is 3.09. The van der Waals surface area contributed by atoms with Gasteiger partial charge in [0.1, 0.15) is 5.60 Å². The van der Waals surface area contributed by atoms with E-state index < -0.39 is 0 Å². The summed E-state index contributed by atoms with van der Waals surface area (Å²) in [6.45, 7) is 3.81. The average molecular weight is 177 g/mol. The Morgan fingerprint density at radius 1 is 1.50 bits per heavy atom. The molecule has 2 heteroatoms. The van der Waals surface area contributed by atoms with E-state index in [1.165, 1.54) is 0 Å². The molecule has 0 rings (SSSR count). The highest BCUT2D eigenvalue weighted by atomic mass is 79.9. The Balaban J connectivity index is 3.85. The van der Waals surface area contributed by atoms with E-state index in [4.69, 9.17) is 4.74 Å². The Labute approximate surface area is 58.5 Å². The SMILES string of the molecule is COC(C)(C)C#CBr. The first-order valence-electron chi connectivity index (χ1n) is 2.30. The van der Waals surface area contributed by atoms with Gasteiger partial charge in [0.05, 0.1) is 0 Å². The molecule has 0 saturated heterocycles. The summed E-state index contributed by atoms with van der Waals surface area (Å²) in [6, 6.07) is 0. The number of hydrogen-bond acceptors (Lipinski definition) is 1. The van der Waals surface area contributed by atoms with Crippen LogP contribution in [0.2, 0.25) is 0 Å². The van der Waals surface area contributed by atoms with E-state index in [1.807, 2.05) is 13.8 Å². The Morgan fingerprint density at radius 3 is 2.12 bits per heavy atom. The molecule has 0 atom stereocenters. The molecule has 1 nitrogen and oxygen atoms in total. The summed E-state index contributed by atoms with van der Waals surface area (Å²) in [6.07, 6.45) is 0. The van der Waals surface area contributed by atoms with E-state index in [-0.39, 0.29) is 5.60 Å². The molecule has 0 spiro atoms. The molecule has 8 heavy (non-hydrogen) atoms. The van der Waals surface area contributed by atoms with Gasteiger partial charge in [-0.25, -0.2) is 0 Å². The van der Waals surface area contributed by atoms with Gasteiger partial charge in [-0.3, -0.25) is 0 Å². The van der Waals surface area contributed by atoms with E-state index in [0.29, 0.717) is 0 Å². The van der Waals surface area contributed by atoms with Gasteiger partial charge in [-0.15, -0.1) is 0 Å². The quantitative estimate of drug-likeness (QED) is 0.554. The molecule has 46 valence electrons. The Hall–Kier alpha value is 0. The molecule has 0 aliphatic heterocycles. The summed E-state index contributed by atoms with van der Waals surface area (Å²) >= 11 is 2.98. The second-order valence-corrected chi connectivity index (χ2v) is 2.33. The van der Waals surface area contributed by atoms with Crippen LogP contribution in [-0.4, -0.2) is 12.7 Å². The van der Waals surface area contributed by atoms with Crippen molar-refractivity contribution >= 4 is 15.9 Å². The standard InChI is InChI=1S/C6H9BrO/c1-6(2,8-3)4-5-7/h1-3H3. The predicted octanol–water partition coefficient (Wildman–Crippen LogP) is 1.77. The van der Waals surface area contributed by atoms with Crippen LogP contribution in [0.15, 0.2) is 0 Å². The third-order valence-corrected chi connectivity index (χ3v) is 1.06. The zero-order chi connectivity index (χ0) is 6.62. The fraction of sp³-hybridized carbons (Fsp3) is 0.667. The maximum Gasteiger partial charge on any atom is 0.123 e. The maximum absolute atomic E-state index is 4.97. The van der Waals surface area contributed by atoms with Gasteiger partial charge in [-0.2, -0.15) is 0 Å². The first-order chi connectivity index (χ1) is 3.62. The number of rotatable bonds is 1. The minimum Gasteiger partial charge on any atom is -0.366 e. The predicted molar refractivity (Wildman–Crippen MR) is 37.8 cm³/mol. The lowest BCUT2D eigenvalue weighted by Gasteiger charge is -2.13. The lowest BCUT2D eigenvalue weighted by Crippen LogP contribution is -2.18. The molecule has 0 bridgehead atoms. The van der Waals surface area contributed by atoms with Gasteiger partial charge in [0.2, 0.25) is 0 Å². The second-order valence-electron chi connectivity index (χ2n) is 1.93. The normalized spacial score (nSPS) is 10.0.